The first-order chi connectivity index (χ1) is 12.1. The smallest absolute Gasteiger partial charge is 0.223 e. The van der Waals surface area contributed by atoms with Crippen molar-refractivity contribution in [1.82, 2.24) is 10.2 Å². The van der Waals surface area contributed by atoms with Gasteiger partial charge in [-0.1, -0.05) is 31.2 Å². The monoisotopic (exact) mass is 344 g/mol. The van der Waals surface area contributed by atoms with Crippen molar-refractivity contribution in [3.8, 4) is 0 Å². The molecule has 3 rings (SSSR count). The topological polar surface area (TPSA) is 41.6 Å². The summed E-state index contributed by atoms with van der Waals surface area (Å²) in [5.41, 5.74) is 2.44. The first kappa shape index (κ1) is 18.4. The number of hydrogen-bond donors (Lipinski definition) is 1. The van der Waals surface area contributed by atoms with E-state index in [4.69, 9.17) is 4.74 Å². The van der Waals surface area contributed by atoms with Gasteiger partial charge >= 0.3 is 0 Å². The quantitative estimate of drug-likeness (QED) is 0.911. The molecular weight excluding hydrogens is 312 g/mol. The molecule has 0 bridgehead atoms. The Bertz CT molecular complexity index is 583. The molecule has 1 N–H and O–H groups in total. The Kier molecular flexibility index (Phi) is 6.13. The SMILES string of the molecule is Cc1ccccc1[C@@H]1CN(C(=O)C[C@H](C)[C@H]2CCCNC2)[C@H](C)CO1. The van der Waals surface area contributed by atoms with Crippen LogP contribution >= 0.6 is 0 Å². The van der Waals surface area contributed by atoms with Gasteiger partial charge in [0.1, 0.15) is 6.10 Å². The Balaban J connectivity index is 1.63. The number of carbonyl (C=O) groups excluding carboxylic acids is 1. The van der Waals surface area contributed by atoms with Crippen molar-refractivity contribution in [2.24, 2.45) is 11.8 Å². The van der Waals surface area contributed by atoms with Gasteiger partial charge in [-0.15, -0.1) is 0 Å². The predicted molar refractivity (Wildman–Crippen MR) is 100 cm³/mol. The molecule has 25 heavy (non-hydrogen) atoms. The van der Waals surface area contributed by atoms with Gasteiger partial charge in [0.15, 0.2) is 0 Å². The maximum Gasteiger partial charge on any atom is 0.223 e. The second kappa shape index (κ2) is 8.33. The van der Waals surface area contributed by atoms with Crippen LogP contribution in [0.1, 0.15) is 50.3 Å². The second-order valence-electron chi connectivity index (χ2n) is 7.86. The number of nitrogens with one attached hydrogen (secondary N) is 1. The summed E-state index contributed by atoms with van der Waals surface area (Å²) in [4.78, 5) is 15.0. The molecule has 0 spiro atoms. The molecule has 1 aromatic rings. The van der Waals surface area contributed by atoms with E-state index in [1.165, 1.54) is 24.0 Å². The van der Waals surface area contributed by atoms with E-state index in [1.807, 2.05) is 17.0 Å². The summed E-state index contributed by atoms with van der Waals surface area (Å²) in [5, 5.41) is 3.47. The lowest BCUT2D eigenvalue weighted by atomic mass is 9.85. The minimum Gasteiger partial charge on any atom is -0.370 e. The number of ether oxygens (including phenoxy) is 1. The molecule has 1 aromatic carbocycles. The van der Waals surface area contributed by atoms with Crippen LogP contribution in [0.25, 0.3) is 0 Å². The van der Waals surface area contributed by atoms with Crippen LogP contribution in [0, 0.1) is 18.8 Å². The lowest BCUT2D eigenvalue weighted by Crippen LogP contribution is -2.49. The summed E-state index contributed by atoms with van der Waals surface area (Å²) in [7, 11) is 0. The fraction of sp³-hybridized carbons (Fsp3) is 0.667. The number of rotatable bonds is 4. The zero-order valence-electron chi connectivity index (χ0n) is 15.8. The van der Waals surface area contributed by atoms with Crippen molar-refractivity contribution in [3.63, 3.8) is 0 Å². The normalized spacial score (nSPS) is 28.6. The third-order valence-corrected chi connectivity index (χ3v) is 5.93. The average Bonchev–Trinajstić information content (AvgIpc) is 2.63. The fourth-order valence-electron chi connectivity index (χ4n) is 4.16. The molecule has 138 valence electrons. The van der Waals surface area contributed by atoms with E-state index < -0.39 is 0 Å². The van der Waals surface area contributed by atoms with Crippen molar-refractivity contribution in [2.45, 2.75) is 52.2 Å². The van der Waals surface area contributed by atoms with E-state index in [0.717, 1.165) is 13.1 Å². The molecule has 4 atom stereocenters. The molecule has 0 saturated carbocycles. The maximum atomic E-state index is 13.0. The molecule has 2 aliphatic heterocycles. The van der Waals surface area contributed by atoms with E-state index in [-0.39, 0.29) is 18.1 Å². The number of piperidine rings is 1. The van der Waals surface area contributed by atoms with Crippen LogP contribution in [-0.4, -0.2) is 43.1 Å². The molecule has 0 aliphatic carbocycles. The van der Waals surface area contributed by atoms with Crippen molar-refractivity contribution in [2.75, 3.05) is 26.2 Å². The average molecular weight is 344 g/mol. The summed E-state index contributed by atoms with van der Waals surface area (Å²) in [6.07, 6.45) is 3.11. The van der Waals surface area contributed by atoms with E-state index in [2.05, 4.69) is 38.2 Å². The number of hydrogen-bond acceptors (Lipinski definition) is 3. The largest absolute Gasteiger partial charge is 0.370 e. The number of nitrogens with zero attached hydrogens (tertiary/aromatic N) is 1. The minimum atomic E-state index is -0.00648. The lowest BCUT2D eigenvalue weighted by Gasteiger charge is -2.39. The molecule has 2 aliphatic rings. The van der Waals surface area contributed by atoms with Crippen LogP contribution in [0.4, 0.5) is 0 Å². The van der Waals surface area contributed by atoms with E-state index >= 15 is 0 Å². The Hall–Kier alpha value is -1.39. The van der Waals surface area contributed by atoms with Gasteiger partial charge in [-0.3, -0.25) is 4.79 Å². The number of amides is 1. The summed E-state index contributed by atoms with van der Waals surface area (Å²) in [6.45, 7) is 9.90. The first-order valence-corrected chi connectivity index (χ1v) is 9.73. The maximum absolute atomic E-state index is 13.0. The summed E-state index contributed by atoms with van der Waals surface area (Å²) in [5.74, 6) is 1.35. The molecule has 0 unspecified atom stereocenters. The van der Waals surface area contributed by atoms with E-state index in [9.17, 15) is 4.79 Å². The zero-order valence-corrected chi connectivity index (χ0v) is 15.8. The lowest BCUT2D eigenvalue weighted by molar-refractivity contribution is -0.145. The Morgan fingerprint density at radius 2 is 2.20 bits per heavy atom. The van der Waals surface area contributed by atoms with Gasteiger partial charge in [0.05, 0.1) is 19.2 Å². The third-order valence-electron chi connectivity index (χ3n) is 5.93. The van der Waals surface area contributed by atoms with Crippen molar-refractivity contribution in [3.05, 3.63) is 35.4 Å². The Morgan fingerprint density at radius 3 is 2.92 bits per heavy atom. The first-order valence-electron chi connectivity index (χ1n) is 9.73. The highest BCUT2D eigenvalue weighted by atomic mass is 16.5. The summed E-state index contributed by atoms with van der Waals surface area (Å²) in [6, 6.07) is 8.49. The van der Waals surface area contributed by atoms with Crippen molar-refractivity contribution in [1.29, 1.82) is 0 Å². The molecule has 0 aromatic heterocycles. The standard InChI is InChI=1S/C21H32N2O2/c1-15-7-4-5-9-19(15)20-13-23(17(3)14-25-20)21(24)11-16(2)18-8-6-10-22-12-18/h4-5,7,9,16-18,20,22H,6,8,10-14H2,1-3H3/t16-,17+,18-,20-/m0/s1. The summed E-state index contributed by atoms with van der Waals surface area (Å²) < 4.78 is 6.05. The molecule has 2 fully saturated rings. The predicted octanol–water partition coefficient (Wildman–Crippen LogP) is 3.31. The van der Waals surface area contributed by atoms with Crippen LogP contribution in [0.5, 0.6) is 0 Å². The highest BCUT2D eigenvalue weighted by molar-refractivity contribution is 5.77. The fourth-order valence-corrected chi connectivity index (χ4v) is 4.16. The van der Waals surface area contributed by atoms with Gasteiger partial charge in [-0.25, -0.2) is 0 Å². The molecule has 4 nitrogen and oxygen atoms in total. The molecule has 0 radical (unpaired) electrons. The molecular formula is C21H32N2O2. The van der Waals surface area contributed by atoms with E-state index in [0.29, 0.717) is 31.4 Å². The van der Waals surface area contributed by atoms with Gasteiger partial charge < -0.3 is 15.0 Å². The Morgan fingerprint density at radius 1 is 1.40 bits per heavy atom. The van der Waals surface area contributed by atoms with Gasteiger partial charge in [-0.2, -0.15) is 0 Å². The second-order valence-corrected chi connectivity index (χ2v) is 7.86. The number of aryl methyl sites for hydroxylation is 1. The van der Waals surface area contributed by atoms with E-state index in [1.54, 1.807) is 0 Å². The van der Waals surface area contributed by atoms with Gasteiger partial charge in [0.25, 0.3) is 0 Å². The number of benzene rings is 1. The highest BCUT2D eigenvalue weighted by Crippen LogP contribution is 2.29. The third kappa shape index (κ3) is 4.42. The van der Waals surface area contributed by atoms with Crippen LogP contribution < -0.4 is 5.32 Å². The number of carbonyl (C=O) groups is 1. The highest BCUT2D eigenvalue weighted by Gasteiger charge is 2.32. The van der Waals surface area contributed by atoms with Crippen LogP contribution in [0.3, 0.4) is 0 Å². The van der Waals surface area contributed by atoms with Crippen LogP contribution in [0.15, 0.2) is 24.3 Å². The Labute approximate surface area is 151 Å². The zero-order chi connectivity index (χ0) is 17.8. The van der Waals surface area contributed by atoms with Crippen LogP contribution in [0.2, 0.25) is 0 Å². The van der Waals surface area contributed by atoms with Crippen molar-refractivity contribution < 1.29 is 9.53 Å². The van der Waals surface area contributed by atoms with Crippen LogP contribution in [-0.2, 0) is 9.53 Å². The van der Waals surface area contributed by atoms with Gasteiger partial charge in [0, 0.05) is 6.42 Å². The molecule has 2 heterocycles. The molecule has 4 heteroatoms. The van der Waals surface area contributed by atoms with Crippen molar-refractivity contribution >= 4 is 5.91 Å². The van der Waals surface area contributed by atoms with Gasteiger partial charge in [0.2, 0.25) is 5.91 Å². The van der Waals surface area contributed by atoms with Gasteiger partial charge in [-0.05, 0) is 62.7 Å². The number of morpholine rings is 1. The minimum absolute atomic E-state index is 0.00648. The summed E-state index contributed by atoms with van der Waals surface area (Å²) >= 11 is 0. The molecule has 2 saturated heterocycles. The molecule has 1 amide bonds.